The molecule has 1 amide bonds. The molecule has 2 aliphatic carbocycles. The van der Waals surface area contributed by atoms with Gasteiger partial charge in [0.05, 0.1) is 0 Å². The van der Waals surface area contributed by atoms with Crippen molar-refractivity contribution in [2.24, 2.45) is 17.8 Å². The van der Waals surface area contributed by atoms with Crippen LogP contribution in [0.5, 0.6) is 0 Å². The van der Waals surface area contributed by atoms with E-state index in [1.165, 1.54) is 12.8 Å². The summed E-state index contributed by atoms with van der Waals surface area (Å²) in [5.41, 5.74) is 0. The lowest BCUT2D eigenvalue weighted by atomic mass is 9.86. The fourth-order valence-corrected chi connectivity index (χ4v) is 3.57. The smallest absolute Gasteiger partial charge is 0.334 e. The second kappa shape index (κ2) is 5.10. The number of amides is 1. The molecule has 0 heterocycles. The molecule has 5 heteroatoms. The summed E-state index contributed by atoms with van der Waals surface area (Å²) in [7, 11) is 0. The van der Waals surface area contributed by atoms with Crippen LogP contribution in [0.25, 0.3) is 0 Å². The normalized spacial score (nSPS) is 30.8. The van der Waals surface area contributed by atoms with Crippen LogP contribution in [0.2, 0.25) is 0 Å². The van der Waals surface area contributed by atoms with Gasteiger partial charge in [-0.3, -0.25) is 4.79 Å². The third-order valence-electron chi connectivity index (χ3n) is 4.43. The quantitative estimate of drug-likeness (QED) is 0.762. The fraction of sp³-hybridized carbons (Fsp3) is 0.923. The number of nitrogens with zero attached hydrogens (tertiary/aromatic N) is 1. The molecule has 104 valence electrons. The van der Waals surface area contributed by atoms with Crippen molar-refractivity contribution in [2.45, 2.75) is 45.2 Å². The molecular weight excluding hydrogens is 243 g/mol. The van der Waals surface area contributed by atoms with E-state index in [2.05, 4.69) is 0 Å². The Bertz CT molecular complexity index is 316. The highest BCUT2D eigenvalue weighted by Gasteiger charge is 2.41. The molecule has 2 bridgehead atoms. The second-order valence-corrected chi connectivity index (χ2v) is 5.66. The first-order chi connectivity index (χ1) is 8.39. The van der Waals surface area contributed by atoms with Crippen molar-refractivity contribution in [1.82, 2.24) is 4.90 Å². The van der Waals surface area contributed by atoms with Crippen molar-refractivity contribution in [3.8, 4) is 0 Å². The van der Waals surface area contributed by atoms with Crippen LogP contribution in [0.4, 0.5) is 13.2 Å². The number of rotatable bonds is 4. The van der Waals surface area contributed by atoms with Gasteiger partial charge in [0.2, 0.25) is 5.91 Å². The van der Waals surface area contributed by atoms with Gasteiger partial charge in [0.25, 0.3) is 0 Å². The summed E-state index contributed by atoms with van der Waals surface area (Å²) < 4.78 is 37.0. The van der Waals surface area contributed by atoms with E-state index < -0.39 is 12.7 Å². The Labute approximate surface area is 106 Å². The third kappa shape index (κ3) is 3.18. The Morgan fingerprint density at radius 2 is 2.00 bits per heavy atom. The average Bonchev–Trinajstić information content (AvgIpc) is 2.86. The summed E-state index contributed by atoms with van der Waals surface area (Å²) in [6, 6.07) is 0. The first-order valence-electron chi connectivity index (χ1n) is 6.73. The molecule has 0 saturated heterocycles. The summed E-state index contributed by atoms with van der Waals surface area (Å²) in [6.45, 7) is 0.632. The Morgan fingerprint density at radius 3 is 2.44 bits per heavy atom. The SMILES string of the molecule is CCN(CC(F)(F)F)C(=O)C[C@@H]1C[C@H]2CC[C@H]1C2. The van der Waals surface area contributed by atoms with Gasteiger partial charge in [0.15, 0.2) is 0 Å². The van der Waals surface area contributed by atoms with E-state index in [4.69, 9.17) is 0 Å². The molecule has 2 nitrogen and oxygen atoms in total. The average molecular weight is 263 g/mol. The second-order valence-electron chi connectivity index (χ2n) is 5.66. The van der Waals surface area contributed by atoms with Gasteiger partial charge >= 0.3 is 6.18 Å². The molecule has 0 spiro atoms. The Kier molecular flexibility index (Phi) is 3.87. The van der Waals surface area contributed by atoms with Crippen molar-refractivity contribution < 1.29 is 18.0 Å². The minimum Gasteiger partial charge on any atom is -0.334 e. The molecule has 0 radical (unpaired) electrons. The number of carbonyl (C=O) groups is 1. The Hall–Kier alpha value is -0.740. The van der Waals surface area contributed by atoms with E-state index in [0.29, 0.717) is 18.3 Å². The topological polar surface area (TPSA) is 20.3 Å². The fourth-order valence-electron chi connectivity index (χ4n) is 3.57. The first kappa shape index (κ1) is 13.7. The molecule has 0 aromatic carbocycles. The number of alkyl halides is 3. The van der Waals surface area contributed by atoms with E-state index in [0.717, 1.165) is 23.7 Å². The summed E-state index contributed by atoms with van der Waals surface area (Å²) in [5.74, 6) is 1.32. The van der Waals surface area contributed by atoms with Crippen molar-refractivity contribution >= 4 is 5.91 Å². The van der Waals surface area contributed by atoms with Gasteiger partial charge in [-0.05, 0) is 43.9 Å². The maximum atomic E-state index is 12.3. The van der Waals surface area contributed by atoms with E-state index in [9.17, 15) is 18.0 Å². The van der Waals surface area contributed by atoms with E-state index in [1.807, 2.05) is 0 Å². The first-order valence-corrected chi connectivity index (χ1v) is 6.73. The van der Waals surface area contributed by atoms with Crippen molar-refractivity contribution in [3.63, 3.8) is 0 Å². The van der Waals surface area contributed by atoms with Crippen LogP contribution < -0.4 is 0 Å². The zero-order valence-electron chi connectivity index (χ0n) is 10.7. The highest BCUT2D eigenvalue weighted by atomic mass is 19.4. The van der Waals surface area contributed by atoms with Gasteiger partial charge in [-0.1, -0.05) is 6.42 Å². The number of fused-ring (bicyclic) bond motifs is 2. The standard InChI is InChI=1S/C13H20F3NO/c1-2-17(8-13(14,15)16)12(18)7-11-6-9-3-4-10(11)5-9/h9-11H,2-8H2,1H3/t9-,10-,11-/m0/s1. The largest absolute Gasteiger partial charge is 0.406 e. The number of hydrogen-bond donors (Lipinski definition) is 0. The van der Waals surface area contributed by atoms with Gasteiger partial charge in [-0.25, -0.2) is 0 Å². The molecule has 0 N–H and O–H groups in total. The molecule has 0 unspecified atom stereocenters. The maximum absolute atomic E-state index is 12.3. The van der Waals surface area contributed by atoms with Crippen LogP contribution in [0.3, 0.4) is 0 Å². The molecule has 2 saturated carbocycles. The van der Waals surface area contributed by atoms with E-state index in [-0.39, 0.29) is 12.5 Å². The molecule has 0 aliphatic heterocycles. The summed E-state index contributed by atoms with van der Waals surface area (Å²) in [4.78, 5) is 12.8. The maximum Gasteiger partial charge on any atom is 0.406 e. The molecule has 2 aliphatic rings. The lowest BCUT2D eigenvalue weighted by molar-refractivity contribution is -0.161. The highest BCUT2D eigenvalue weighted by molar-refractivity contribution is 5.76. The number of halogens is 3. The van der Waals surface area contributed by atoms with Crippen LogP contribution in [-0.2, 0) is 4.79 Å². The minimum atomic E-state index is -4.29. The zero-order valence-corrected chi connectivity index (χ0v) is 10.7. The van der Waals surface area contributed by atoms with Gasteiger partial charge in [-0.2, -0.15) is 13.2 Å². The molecule has 18 heavy (non-hydrogen) atoms. The molecule has 0 aromatic heterocycles. The number of hydrogen-bond acceptors (Lipinski definition) is 1. The lowest BCUT2D eigenvalue weighted by Crippen LogP contribution is -2.39. The van der Waals surface area contributed by atoms with Crippen LogP contribution in [0.15, 0.2) is 0 Å². The predicted octanol–water partition coefficient (Wildman–Crippen LogP) is 3.22. The number of carbonyl (C=O) groups excluding carboxylic acids is 1. The van der Waals surface area contributed by atoms with Crippen LogP contribution in [0, 0.1) is 17.8 Å². The zero-order chi connectivity index (χ0) is 13.3. The van der Waals surface area contributed by atoms with Crippen LogP contribution >= 0.6 is 0 Å². The van der Waals surface area contributed by atoms with E-state index in [1.54, 1.807) is 6.92 Å². The van der Waals surface area contributed by atoms with E-state index >= 15 is 0 Å². The molecule has 2 fully saturated rings. The van der Waals surface area contributed by atoms with Crippen LogP contribution in [-0.4, -0.2) is 30.1 Å². The highest BCUT2D eigenvalue weighted by Crippen LogP contribution is 2.49. The van der Waals surface area contributed by atoms with Gasteiger partial charge in [-0.15, -0.1) is 0 Å². The van der Waals surface area contributed by atoms with Crippen molar-refractivity contribution in [2.75, 3.05) is 13.1 Å². The monoisotopic (exact) mass is 263 g/mol. The van der Waals surface area contributed by atoms with Gasteiger partial charge in [0, 0.05) is 13.0 Å². The minimum absolute atomic E-state index is 0.138. The predicted molar refractivity (Wildman–Crippen MR) is 61.9 cm³/mol. The van der Waals surface area contributed by atoms with Crippen molar-refractivity contribution in [1.29, 1.82) is 0 Å². The summed E-state index contributed by atoms with van der Waals surface area (Å²) in [5, 5.41) is 0. The Morgan fingerprint density at radius 1 is 1.28 bits per heavy atom. The Balaban J connectivity index is 1.86. The molecular formula is C13H20F3NO. The molecule has 0 aromatic rings. The van der Waals surface area contributed by atoms with Crippen molar-refractivity contribution in [3.05, 3.63) is 0 Å². The van der Waals surface area contributed by atoms with Gasteiger partial charge in [0.1, 0.15) is 6.54 Å². The lowest BCUT2D eigenvalue weighted by Gasteiger charge is -2.26. The molecule has 2 rings (SSSR count). The molecule has 3 atom stereocenters. The van der Waals surface area contributed by atoms with Gasteiger partial charge < -0.3 is 4.90 Å². The van der Waals surface area contributed by atoms with Crippen LogP contribution in [0.1, 0.15) is 39.0 Å². The summed E-state index contributed by atoms with van der Waals surface area (Å²) in [6.07, 6.45) is 0.651. The third-order valence-corrected chi connectivity index (χ3v) is 4.43. The summed E-state index contributed by atoms with van der Waals surface area (Å²) >= 11 is 0.